The van der Waals surface area contributed by atoms with Gasteiger partial charge in [0.2, 0.25) is 0 Å². The average molecular weight is 252 g/mol. The minimum absolute atomic E-state index is 1.11. The van der Waals surface area contributed by atoms with Crippen LogP contribution in [0.25, 0.3) is 0 Å². The molecule has 0 aliphatic carbocycles. The third-order valence-electron chi connectivity index (χ3n) is 1.78. The van der Waals surface area contributed by atoms with Crippen LogP contribution in [0.15, 0.2) is 49.6 Å². The second-order valence-electron chi connectivity index (χ2n) is 3.67. The second-order valence-corrected chi connectivity index (χ2v) is 3.67. The molecule has 0 fully saturated rings. The molecule has 0 aliphatic rings. The van der Waals surface area contributed by atoms with Crippen LogP contribution < -0.4 is 0 Å². The van der Waals surface area contributed by atoms with Gasteiger partial charge in [-0.15, -0.1) is 19.7 Å². The minimum Gasteiger partial charge on any atom is -0.106 e. The molecule has 0 rings (SSSR count). The predicted octanol–water partition coefficient (Wildman–Crippen LogP) is 7.11. The van der Waals surface area contributed by atoms with Gasteiger partial charge in [-0.3, -0.25) is 0 Å². The Kier molecular flexibility index (Phi) is 51.5. The highest BCUT2D eigenvalue weighted by molar-refractivity contribution is 5.00. The molecule has 0 aromatic heterocycles. The van der Waals surface area contributed by atoms with E-state index in [1.165, 1.54) is 18.4 Å². The number of rotatable bonds is 4. The maximum atomic E-state index is 3.67. The van der Waals surface area contributed by atoms with Gasteiger partial charge < -0.3 is 0 Å². The zero-order valence-electron chi connectivity index (χ0n) is 13.8. The first-order valence-electron chi connectivity index (χ1n) is 7.02. The molecule has 0 atom stereocenters. The van der Waals surface area contributed by atoms with Gasteiger partial charge in [-0.25, -0.2) is 0 Å². The summed E-state index contributed by atoms with van der Waals surface area (Å²) >= 11 is 0. The first kappa shape index (κ1) is 25.7. The summed E-state index contributed by atoms with van der Waals surface area (Å²) < 4.78 is 0. The van der Waals surface area contributed by atoms with E-state index in [1.807, 2.05) is 26.0 Å². The predicted molar refractivity (Wildman–Crippen MR) is 91.2 cm³/mol. The van der Waals surface area contributed by atoms with Gasteiger partial charge in [0.1, 0.15) is 0 Å². The fourth-order valence-corrected chi connectivity index (χ4v) is 0.326. The molecule has 0 heterocycles. The molecule has 0 unspecified atom stereocenters. The van der Waals surface area contributed by atoms with E-state index < -0.39 is 0 Å². The van der Waals surface area contributed by atoms with Crippen LogP contribution >= 0.6 is 0 Å². The van der Waals surface area contributed by atoms with Crippen LogP contribution in [-0.2, 0) is 0 Å². The van der Waals surface area contributed by atoms with Crippen molar-refractivity contribution in [1.82, 2.24) is 0 Å². The van der Waals surface area contributed by atoms with Crippen molar-refractivity contribution in [1.29, 1.82) is 0 Å². The van der Waals surface area contributed by atoms with Gasteiger partial charge in [-0.2, -0.15) is 0 Å². The topological polar surface area (TPSA) is 0 Å². The number of hydrogen-bond acceptors (Lipinski definition) is 0. The van der Waals surface area contributed by atoms with Crippen LogP contribution in [0.1, 0.15) is 67.2 Å². The van der Waals surface area contributed by atoms with Crippen LogP contribution in [0.2, 0.25) is 0 Å². The summed E-state index contributed by atoms with van der Waals surface area (Å²) in [5.41, 5.74) is 1.25. The van der Waals surface area contributed by atoms with Crippen LogP contribution in [0.4, 0.5) is 0 Å². The van der Waals surface area contributed by atoms with E-state index in [1.54, 1.807) is 0 Å². The van der Waals surface area contributed by atoms with Gasteiger partial charge >= 0.3 is 0 Å². The van der Waals surface area contributed by atoms with Crippen LogP contribution in [0.3, 0.4) is 0 Å². The largest absolute Gasteiger partial charge is 0.106 e. The quantitative estimate of drug-likeness (QED) is 0.369. The van der Waals surface area contributed by atoms with Crippen molar-refractivity contribution in [3.05, 3.63) is 49.6 Å². The van der Waals surface area contributed by atoms with E-state index in [9.17, 15) is 0 Å². The summed E-state index contributed by atoms with van der Waals surface area (Å²) in [6.45, 7) is 22.3. The van der Waals surface area contributed by atoms with Gasteiger partial charge in [-0.05, 0) is 26.7 Å². The van der Waals surface area contributed by atoms with Gasteiger partial charge in [-0.1, -0.05) is 70.4 Å². The minimum atomic E-state index is 1.11. The first-order valence-corrected chi connectivity index (χ1v) is 7.02. The highest BCUT2D eigenvalue weighted by Gasteiger charge is 1.67. The SMILES string of the molecule is C/C=C\C=C/CC.C=C.C=C(C)CC.CCCC. The molecule has 0 N–H and O–H groups in total. The maximum absolute atomic E-state index is 3.67. The van der Waals surface area contributed by atoms with Crippen molar-refractivity contribution in [2.24, 2.45) is 0 Å². The monoisotopic (exact) mass is 252 g/mol. The summed E-state index contributed by atoms with van der Waals surface area (Å²) in [5.74, 6) is 0. The van der Waals surface area contributed by atoms with E-state index in [0.29, 0.717) is 0 Å². The van der Waals surface area contributed by atoms with Crippen molar-refractivity contribution in [3.63, 3.8) is 0 Å². The molecule has 0 nitrogen and oxygen atoms in total. The van der Waals surface area contributed by atoms with Gasteiger partial charge in [0.25, 0.3) is 0 Å². The summed E-state index contributed by atoms with van der Waals surface area (Å²) in [6, 6.07) is 0. The van der Waals surface area contributed by atoms with Crippen LogP contribution in [0, 0.1) is 0 Å². The third kappa shape index (κ3) is 82.1. The lowest BCUT2D eigenvalue weighted by atomic mass is 10.3. The van der Waals surface area contributed by atoms with E-state index in [4.69, 9.17) is 0 Å². The third-order valence-corrected chi connectivity index (χ3v) is 1.78. The molecule has 0 bridgehead atoms. The van der Waals surface area contributed by atoms with Crippen molar-refractivity contribution >= 4 is 0 Å². The molecule has 0 spiro atoms. The van der Waals surface area contributed by atoms with E-state index in [0.717, 1.165) is 12.8 Å². The zero-order valence-corrected chi connectivity index (χ0v) is 13.8. The molecule has 0 amide bonds. The average Bonchev–Trinajstić information content (AvgIpc) is 2.42. The summed E-state index contributed by atoms with van der Waals surface area (Å²) in [7, 11) is 0. The molecule has 18 heavy (non-hydrogen) atoms. The lowest BCUT2D eigenvalue weighted by Gasteiger charge is -1.79. The normalized spacial score (nSPS) is 8.56. The summed E-state index contributed by atoms with van der Waals surface area (Å²) in [5, 5.41) is 0. The molecule has 0 saturated heterocycles. The highest BCUT2D eigenvalue weighted by atomic mass is 13.7. The van der Waals surface area contributed by atoms with E-state index in [2.05, 4.69) is 59.6 Å². The van der Waals surface area contributed by atoms with Crippen molar-refractivity contribution < 1.29 is 0 Å². The van der Waals surface area contributed by atoms with Crippen molar-refractivity contribution in [2.75, 3.05) is 0 Å². The second kappa shape index (κ2) is 36.0. The van der Waals surface area contributed by atoms with Crippen molar-refractivity contribution in [3.8, 4) is 0 Å². The Hall–Kier alpha value is -1.04. The molecular formula is C18H36. The van der Waals surface area contributed by atoms with Crippen LogP contribution in [0.5, 0.6) is 0 Å². The Morgan fingerprint density at radius 3 is 1.50 bits per heavy atom. The number of unbranched alkanes of at least 4 members (excludes halogenated alkanes) is 1. The standard InChI is InChI=1S/C7H12.C5H10.C4H10.C2H4/c1-3-5-7-6-4-2;1-4-5(2)3;1-3-4-2;1-2/h3,5-7H,4H2,1-2H3;2,4H2,1,3H3;3-4H2,1-2H3;1-2H2/b5-3-,7-6-;;;. The Morgan fingerprint density at radius 2 is 1.33 bits per heavy atom. The van der Waals surface area contributed by atoms with Crippen molar-refractivity contribution in [2.45, 2.75) is 67.2 Å². The summed E-state index contributed by atoms with van der Waals surface area (Å²) in [4.78, 5) is 0. The molecule has 0 radical (unpaired) electrons. The van der Waals surface area contributed by atoms with Gasteiger partial charge in [0.15, 0.2) is 0 Å². The number of hydrogen-bond donors (Lipinski definition) is 0. The maximum Gasteiger partial charge on any atom is -0.0354 e. The first-order chi connectivity index (χ1) is 8.60. The van der Waals surface area contributed by atoms with Gasteiger partial charge in [0, 0.05) is 0 Å². The smallest absolute Gasteiger partial charge is 0.0354 e. The molecule has 108 valence electrons. The molecular weight excluding hydrogens is 216 g/mol. The van der Waals surface area contributed by atoms with Crippen LogP contribution in [-0.4, -0.2) is 0 Å². The molecule has 0 saturated carbocycles. The molecule has 0 aromatic carbocycles. The molecule has 0 heteroatoms. The van der Waals surface area contributed by atoms with E-state index in [-0.39, 0.29) is 0 Å². The lowest BCUT2D eigenvalue weighted by molar-refractivity contribution is 0.886. The lowest BCUT2D eigenvalue weighted by Crippen LogP contribution is -1.58. The van der Waals surface area contributed by atoms with Gasteiger partial charge in [0.05, 0.1) is 0 Å². The number of allylic oxidation sites excluding steroid dienone is 5. The molecule has 0 aromatic rings. The Labute approximate surface area is 117 Å². The zero-order chi connectivity index (χ0) is 15.2. The summed E-state index contributed by atoms with van der Waals surface area (Å²) in [6.07, 6.45) is 13.1. The Bertz CT molecular complexity index is 170. The highest BCUT2D eigenvalue weighted by Crippen LogP contribution is 1.88. The Morgan fingerprint density at radius 1 is 0.944 bits per heavy atom. The molecule has 0 aliphatic heterocycles. The Balaban J connectivity index is -0.0000000791. The fourth-order valence-electron chi connectivity index (χ4n) is 0.326. The van der Waals surface area contributed by atoms with E-state index >= 15 is 0 Å². The fraction of sp³-hybridized carbons (Fsp3) is 0.556.